The van der Waals surface area contributed by atoms with E-state index in [-0.39, 0.29) is 24.0 Å². The molecule has 178 valence electrons. The van der Waals surface area contributed by atoms with Gasteiger partial charge in [0.25, 0.3) is 0 Å². The minimum absolute atomic E-state index is 0. The van der Waals surface area contributed by atoms with Gasteiger partial charge in [0.1, 0.15) is 0 Å². The van der Waals surface area contributed by atoms with Crippen LogP contribution in [0, 0.1) is 0 Å². The van der Waals surface area contributed by atoms with E-state index in [0.717, 1.165) is 77.6 Å². The van der Waals surface area contributed by atoms with Gasteiger partial charge in [0.05, 0.1) is 18.8 Å². The minimum Gasteiger partial charge on any atom is -0.376 e. The van der Waals surface area contributed by atoms with Crippen LogP contribution in [-0.4, -0.2) is 67.0 Å². The number of likely N-dealkylation sites (tertiary alicyclic amines) is 1. The first-order valence-electron chi connectivity index (χ1n) is 12.1. The van der Waals surface area contributed by atoms with Gasteiger partial charge in [0, 0.05) is 51.0 Å². The third-order valence-electron chi connectivity index (χ3n) is 6.37. The molecule has 1 unspecified atom stereocenters. The van der Waals surface area contributed by atoms with E-state index in [4.69, 9.17) is 14.5 Å². The molecular formula is C25H39IN4O2. The highest BCUT2D eigenvalue weighted by molar-refractivity contribution is 14.0. The van der Waals surface area contributed by atoms with Gasteiger partial charge in [0.15, 0.2) is 5.96 Å². The average Bonchev–Trinajstić information content (AvgIpc) is 3.24. The van der Waals surface area contributed by atoms with Gasteiger partial charge in [-0.05, 0) is 63.0 Å². The average molecular weight is 555 g/mol. The number of para-hydroxylation sites is 1. The maximum atomic E-state index is 6.17. The number of hydrogen-bond donors (Lipinski definition) is 1. The second kappa shape index (κ2) is 13.4. The molecule has 2 saturated heterocycles. The van der Waals surface area contributed by atoms with E-state index in [0.29, 0.717) is 12.2 Å². The van der Waals surface area contributed by atoms with Crippen molar-refractivity contribution in [3.05, 3.63) is 36.5 Å². The Balaban J connectivity index is 0.00000289. The van der Waals surface area contributed by atoms with Crippen LogP contribution < -0.4 is 5.32 Å². The van der Waals surface area contributed by atoms with Crippen molar-refractivity contribution in [3.63, 3.8) is 0 Å². The zero-order chi connectivity index (χ0) is 21.3. The molecule has 2 aliphatic rings. The van der Waals surface area contributed by atoms with E-state index < -0.39 is 0 Å². The second-order valence-electron chi connectivity index (χ2n) is 8.67. The van der Waals surface area contributed by atoms with Gasteiger partial charge in [-0.2, -0.15) is 0 Å². The number of nitrogens with one attached hydrogen (secondary N) is 1. The summed E-state index contributed by atoms with van der Waals surface area (Å²) in [6, 6.07) is 10.8. The molecule has 6 nitrogen and oxygen atoms in total. The molecule has 2 fully saturated rings. The standard InChI is InChI=1S/C25H38N4O2.HI/c1-2-26-25(27-14-7-15-28-16-11-21-8-3-4-10-24(21)28)29-17-12-22(13-18-29)31-20-23-9-5-6-19-30-23;/h3-4,8,10-11,16,22-23H,2,5-7,9,12-15,17-20H2,1H3,(H,26,27);1H. The summed E-state index contributed by atoms with van der Waals surface area (Å²) in [5.74, 6) is 1.05. The number of piperidine rings is 1. The lowest BCUT2D eigenvalue weighted by atomic mass is 10.1. The molecule has 1 atom stereocenters. The first kappa shape index (κ1) is 25.3. The maximum Gasteiger partial charge on any atom is 0.193 e. The number of aryl methyl sites for hydroxylation is 1. The number of aromatic nitrogens is 1. The van der Waals surface area contributed by atoms with Crippen LogP contribution in [0.2, 0.25) is 0 Å². The molecule has 7 heteroatoms. The third-order valence-corrected chi connectivity index (χ3v) is 6.37. The molecule has 0 saturated carbocycles. The number of benzene rings is 1. The smallest absolute Gasteiger partial charge is 0.193 e. The molecule has 3 heterocycles. The summed E-state index contributed by atoms with van der Waals surface area (Å²) in [6.07, 6.45) is 9.62. The van der Waals surface area contributed by atoms with E-state index in [1.54, 1.807) is 0 Å². The quantitative estimate of drug-likeness (QED) is 0.223. The lowest BCUT2D eigenvalue weighted by Crippen LogP contribution is -2.47. The van der Waals surface area contributed by atoms with Gasteiger partial charge < -0.3 is 24.3 Å². The summed E-state index contributed by atoms with van der Waals surface area (Å²) < 4.78 is 14.3. The van der Waals surface area contributed by atoms with Crippen LogP contribution in [0.25, 0.3) is 10.9 Å². The number of rotatable bonds is 8. The van der Waals surface area contributed by atoms with Gasteiger partial charge in [-0.25, -0.2) is 0 Å². The van der Waals surface area contributed by atoms with E-state index in [1.807, 2.05) is 0 Å². The van der Waals surface area contributed by atoms with Gasteiger partial charge >= 0.3 is 0 Å². The first-order chi connectivity index (χ1) is 15.3. The van der Waals surface area contributed by atoms with Crippen LogP contribution in [0.5, 0.6) is 0 Å². The Labute approximate surface area is 209 Å². The molecule has 32 heavy (non-hydrogen) atoms. The van der Waals surface area contributed by atoms with Crippen molar-refractivity contribution in [2.75, 3.05) is 39.4 Å². The number of aliphatic imine (C=N–C) groups is 1. The van der Waals surface area contributed by atoms with Crippen molar-refractivity contribution in [1.29, 1.82) is 0 Å². The Morgan fingerprint density at radius 2 is 2.00 bits per heavy atom. The lowest BCUT2D eigenvalue weighted by molar-refractivity contribution is -0.0721. The summed E-state index contributed by atoms with van der Waals surface area (Å²) in [5.41, 5.74) is 1.30. The van der Waals surface area contributed by atoms with E-state index in [1.165, 1.54) is 23.7 Å². The lowest BCUT2D eigenvalue weighted by Gasteiger charge is -2.35. The molecule has 1 N–H and O–H groups in total. The van der Waals surface area contributed by atoms with E-state index in [9.17, 15) is 0 Å². The molecule has 1 aromatic carbocycles. The Kier molecular flexibility index (Phi) is 10.6. The largest absolute Gasteiger partial charge is 0.376 e. The fourth-order valence-corrected chi connectivity index (χ4v) is 4.60. The van der Waals surface area contributed by atoms with Crippen LogP contribution in [0.1, 0.15) is 45.4 Å². The van der Waals surface area contributed by atoms with Crippen LogP contribution >= 0.6 is 24.0 Å². The number of ether oxygens (including phenoxy) is 2. The SMILES string of the molecule is CCNC(=NCCCn1ccc2ccccc21)N1CCC(OCC2CCCCO2)CC1.I. The Morgan fingerprint density at radius 3 is 2.78 bits per heavy atom. The summed E-state index contributed by atoms with van der Waals surface area (Å²) in [4.78, 5) is 7.31. The molecule has 2 aromatic rings. The summed E-state index contributed by atoms with van der Waals surface area (Å²) >= 11 is 0. The van der Waals surface area contributed by atoms with Crippen LogP contribution in [0.4, 0.5) is 0 Å². The predicted octanol–water partition coefficient (Wildman–Crippen LogP) is 4.67. The Morgan fingerprint density at radius 1 is 1.16 bits per heavy atom. The van der Waals surface area contributed by atoms with Crippen molar-refractivity contribution in [2.45, 2.75) is 64.2 Å². The Bertz CT molecular complexity index is 826. The number of guanidine groups is 1. The van der Waals surface area contributed by atoms with E-state index in [2.05, 4.69) is 58.2 Å². The fraction of sp³-hybridized carbons (Fsp3) is 0.640. The summed E-state index contributed by atoms with van der Waals surface area (Å²) in [5, 5.41) is 4.79. The third kappa shape index (κ3) is 7.09. The van der Waals surface area contributed by atoms with Crippen molar-refractivity contribution < 1.29 is 9.47 Å². The highest BCUT2D eigenvalue weighted by Crippen LogP contribution is 2.18. The molecule has 0 amide bonds. The summed E-state index contributed by atoms with van der Waals surface area (Å²) in [6.45, 7) is 8.54. The second-order valence-corrected chi connectivity index (χ2v) is 8.67. The van der Waals surface area contributed by atoms with Crippen LogP contribution in [-0.2, 0) is 16.0 Å². The van der Waals surface area contributed by atoms with Gasteiger partial charge in [-0.15, -0.1) is 24.0 Å². The molecular weight excluding hydrogens is 515 g/mol. The molecule has 4 rings (SSSR count). The number of nitrogens with zero attached hydrogens (tertiary/aromatic N) is 3. The van der Waals surface area contributed by atoms with Gasteiger partial charge in [-0.3, -0.25) is 4.99 Å². The van der Waals surface area contributed by atoms with Crippen LogP contribution in [0.15, 0.2) is 41.5 Å². The molecule has 0 aliphatic carbocycles. The topological polar surface area (TPSA) is 51.0 Å². The molecule has 0 spiro atoms. The fourth-order valence-electron chi connectivity index (χ4n) is 4.60. The molecule has 2 aliphatic heterocycles. The van der Waals surface area contributed by atoms with Crippen molar-refractivity contribution in [3.8, 4) is 0 Å². The maximum absolute atomic E-state index is 6.17. The molecule has 0 bridgehead atoms. The van der Waals surface area contributed by atoms with E-state index >= 15 is 0 Å². The van der Waals surface area contributed by atoms with Crippen molar-refractivity contribution in [2.24, 2.45) is 4.99 Å². The molecule has 0 radical (unpaired) electrons. The highest BCUT2D eigenvalue weighted by atomic mass is 127. The highest BCUT2D eigenvalue weighted by Gasteiger charge is 2.23. The van der Waals surface area contributed by atoms with Gasteiger partial charge in [0.2, 0.25) is 0 Å². The van der Waals surface area contributed by atoms with Crippen LogP contribution in [0.3, 0.4) is 0 Å². The Hall–Kier alpha value is -1.32. The normalized spacial score (nSPS) is 20.3. The predicted molar refractivity (Wildman–Crippen MR) is 142 cm³/mol. The minimum atomic E-state index is 0. The first-order valence-corrected chi connectivity index (χ1v) is 12.1. The van der Waals surface area contributed by atoms with Crippen molar-refractivity contribution in [1.82, 2.24) is 14.8 Å². The number of hydrogen-bond acceptors (Lipinski definition) is 3. The van der Waals surface area contributed by atoms with Crippen molar-refractivity contribution >= 4 is 40.8 Å². The zero-order valence-corrected chi connectivity index (χ0v) is 21.7. The number of halogens is 1. The molecule has 1 aromatic heterocycles. The monoisotopic (exact) mass is 554 g/mol. The summed E-state index contributed by atoms with van der Waals surface area (Å²) in [7, 11) is 0. The zero-order valence-electron chi connectivity index (χ0n) is 19.4. The van der Waals surface area contributed by atoms with Gasteiger partial charge in [-0.1, -0.05) is 18.2 Å². The number of fused-ring (bicyclic) bond motifs is 1.